The highest BCUT2D eigenvalue weighted by Crippen LogP contribution is 2.45. The van der Waals surface area contributed by atoms with Gasteiger partial charge in [-0.15, -0.1) is 0 Å². The molecule has 1 unspecified atom stereocenters. The number of piperazine rings is 2. The Hall–Kier alpha value is -4.61. The lowest BCUT2D eigenvalue weighted by atomic mass is 9.85. The van der Waals surface area contributed by atoms with E-state index in [0.717, 1.165) is 74.7 Å². The van der Waals surface area contributed by atoms with Crippen LogP contribution < -0.4 is 24.6 Å². The number of carbonyl (C=O) groups is 5. The SMILES string of the molecule is COc1cccc(N2CCN(C(=O)CCC(=O)C3CC3)CC2)c1.COc1cccc(N2CCN(C(=O)CCC3(C4CC4)NC(=O)CC3=O)CC2)c1. The molecule has 3 amide bonds. The van der Waals surface area contributed by atoms with Crippen molar-refractivity contribution < 1.29 is 33.4 Å². The molecular weight excluding hydrogens is 650 g/mol. The van der Waals surface area contributed by atoms with E-state index in [1.807, 2.05) is 52.3 Å². The van der Waals surface area contributed by atoms with Crippen LogP contribution in [-0.4, -0.2) is 111 Å². The lowest BCUT2D eigenvalue weighted by molar-refractivity contribution is -0.133. The summed E-state index contributed by atoms with van der Waals surface area (Å²) in [5.74, 6) is 2.37. The second kappa shape index (κ2) is 16.2. The number of ether oxygens (including phenoxy) is 2. The first-order chi connectivity index (χ1) is 24.7. The third-order valence-corrected chi connectivity index (χ3v) is 10.9. The van der Waals surface area contributed by atoms with E-state index in [0.29, 0.717) is 51.9 Å². The van der Waals surface area contributed by atoms with Gasteiger partial charge >= 0.3 is 0 Å². The van der Waals surface area contributed by atoms with Gasteiger partial charge in [-0.05, 0) is 62.3 Å². The van der Waals surface area contributed by atoms with Crippen LogP contribution in [0.4, 0.5) is 11.4 Å². The molecule has 12 nitrogen and oxygen atoms in total. The van der Waals surface area contributed by atoms with Gasteiger partial charge in [-0.3, -0.25) is 24.0 Å². The third kappa shape index (κ3) is 9.01. The summed E-state index contributed by atoms with van der Waals surface area (Å²) in [4.78, 5) is 69.1. The Balaban J connectivity index is 0.000000179. The van der Waals surface area contributed by atoms with Crippen LogP contribution in [0.3, 0.4) is 0 Å². The number of Topliss-reactive ketones (excluding diaryl/α,β-unsaturated/α-hetero) is 2. The minimum atomic E-state index is -0.783. The quantitative estimate of drug-likeness (QED) is 0.331. The first kappa shape index (κ1) is 36.2. The van der Waals surface area contributed by atoms with Gasteiger partial charge in [0.15, 0.2) is 5.78 Å². The van der Waals surface area contributed by atoms with Crippen LogP contribution >= 0.6 is 0 Å². The summed E-state index contributed by atoms with van der Waals surface area (Å²) in [6.07, 6.45) is 5.44. The molecule has 3 heterocycles. The van der Waals surface area contributed by atoms with Crippen molar-refractivity contribution in [2.24, 2.45) is 11.8 Å². The molecule has 2 aromatic carbocycles. The molecule has 2 aromatic rings. The standard InChI is InChI=1S/C21H27N3O4.C18H24N2O3/c1-28-17-4-2-3-16(13-17)23-9-11-24(12-10-23)20(27)7-8-21(15-5-6-15)18(25)14-19(26)22-21;1-23-16-4-2-3-15(13-16)19-9-11-20(12-10-19)18(22)8-7-17(21)14-5-6-14/h2-4,13,15H,5-12,14H2,1H3,(H,22,26);2-4,13-14H,5-12H2,1H3. The molecule has 0 bridgehead atoms. The van der Waals surface area contributed by atoms with Gasteiger partial charge in [0, 0.05) is 101 Å². The van der Waals surface area contributed by atoms with Gasteiger partial charge < -0.3 is 34.4 Å². The van der Waals surface area contributed by atoms with E-state index < -0.39 is 5.54 Å². The van der Waals surface area contributed by atoms with Crippen molar-refractivity contribution >= 4 is 40.7 Å². The highest BCUT2D eigenvalue weighted by Gasteiger charge is 2.55. The maximum absolute atomic E-state index is 12.7. The minimum Gasteiger partial charge on any atom is -0.497 e. The highest BCUT2D eigenvalue weighted by atomic mass is 16.5. The third-order valence-electron chi connectivity index (χ3n) is 10.9. The number of nitrogens with zero attached hydrogens (tertiary/aromatic N) is 4. The molecular formula is C39H51N5O7. The molecule has 274 valence electrons. The maximum Gasteiger partial charge on any atom is 0.228 e. The van der Waals surface area contributed by atoms with Gasteiger partial charge in [0.2, 0.25) is 17.7 Å². The fourth-order valence-electron chi connectivity index (χ4n) is 7.48. The number of methoxy groups -OCH3 is 2. The van der Waals surface area contributed by atoms with Crippen molar-refractivity contribution in [2.75, 3.05) is 76.4 Å². The summed E-state index contributed by atoms with van der Waals surface area (Å²) >= 11 is 0. The number of hydrogen-bond acceptors (Lipinski definition) is 9. The van der Waals surface area contributed by atoms with E-state index in [-0.39, 0.29) is 47.5 Å². The molecule has 2 aliphatic carbocycles. The summed E-state index contributed by atoms with van der Waals surface area (Å²) < 4.78 is 10.5. The fraction of sp³-hybridized carbons (Fsp3) is 0.564. The predicted octanol–water partition coefficient (Wildman–Crippen LogP) is 3.46. The van der Waals surface area contributed by atoms with Crippen molar-refractivity contribution in [1.82, 2.24) is 15.1 Å². The predicted molar refractivity (Wildman–Crippen MR) is 193 cm³/mol. The number of ketones is 2. The molecule has 7 rings (SSSR count). The maximum atomic E-state index is 12.7. The Labute approximate surface area is 300 Å². The number of anilines is 2. The van der Waals surface area contributed by atoms with E-state index in [1.165, 1.54) is 0 Å². The normalized spacial score (nSPS) is 21.8. The molecule has 5 aliphatic rings. The Bertz CT molecular complexity index is 1590. The summed E-state index contributed by atoms with van der Waals surface area (Å²) in [7, 11) is 3.32. The average Bonchev–Trinajstić information content (AvgIpc) is 4.11. The van der Waals surface area contributed by atoms with Gasteiger partial charge in [-0.2, -0.15) is 0 Å². The zero-order chi connectivity index (χ0) is 36.0. The number of hydrogen-bond donors (Lipinski definition) is 1. The topological polar surface area (TPSA) is 129 Å². The molecule has 12 heteroatoms. The van der Waals surface area contributed by atoms with Gasteiger partial charge in [-0.1, -0.05) is 12.1 Å². The zero-order valence-corrected chi connectivity index (χ0v) is 29.9. The smallest absolute Gasteiger partial charge is 0.228 e. The molecule has 1 atom stereocenters. The number of carbonyl (C=O) groups excluding carboxylic acids is 5. The minimum absolute atomic E-state index is 0.0318. The van der Waals surface area contributed by atoms with Crippen molar-refractivity contribution in [2.45, 2.75) is 63.3 Å². The largest absolute Gasteiger partial charge is 0.497 e. The van der Waals surface area contributed by atoms with Crippen molar-refractivity contribution in [3.63, 3.8) is 0 Å². The number of rotatable bonds is 12. The molecule has 3 saturated heterocycles. The second-order valence-corrected chi connectivity index (χ2v) is 14.3. The summed E-state index contributed by atoms with van der Waals surface area (Å²) in [6, 6.07) is 15.9. The van der Waals surface area contributed by atoms with E-state index in [4.69, 9.17) is 9.47 Å². The Kier molecular flexibility index (Phi) is 11.5. The molecule has 0 radical (unpaired) electrons. The van der Waals surface area contributed by atoms with Gasteiger partial charge in [0.05, 0.1) is 20.6 Å². The Morgan fingerprint density at radius 2 is 1.22 bits per heavy atom. The first-order valence-corrected chi connectivity index (χ1v) is 18.4. The average molecular weight is 702 g/mol. The lowest BCUT2D eigenvalue weighted by Gasteiger charge is -2.37. The second-order valence-electron chi connectivity index (χ2n) is 14.3. The van der Waals surface area contributed by atoms with Gasteiger partial charge in [0.25, 0.3) is 0 Å². The summed E-state index contributed by atoms with van der Waals surface area (Å²) in [5, 5.41) is 2.90. The molecule has 5 fully saturated rings. The van der Waals surface area contributed by atoms with Crippen molar-refractivity contribution in [1.29, 1.82) is 0 Å². The Morgan fingerprint density at radius 1 is 0.706 bits per heavy atom. The van der Waals surface area contributed by atoms with E-state index >= 15 is 0 Å². The van der Waals surface area contributed by atoms with Crippen LogP contribution in [0.25, 0.3) is 0 Å². The van der Waals surface area contributed by atoms with Crippen LogP contribution in [0, 0.1) is 11.8 Å². The van der Waals surface area contributed by atoms with Crippen LogP contribution in [0.5, 0.6) is 11.5 Å². The first-order valence-electron chi connectivity index (χ1n) is 18.4. The molecule has 3 aliphatic heterocycles. The highest BCUT2D eigenvalue weighted by molar-refractivity contribution is 6.10. The van der Waals surface area contributed by atoms with Crippen molar-refractivity contribution in [3.05, 3.63) is 48.5 Å². The zero-order valence-electron chi connectivity index (χ0n) is 29.9. The number of benzene rings is 2. The van der Waals surface area contributed by atoms with Gasteiger partial charge in [0.1, 0.15) is 22.8 Å². The fourth-order valence-corrected chi connectivity index (χ4v) is 7.48. The van der Waals surface area contributed by atoms with Crippen LogP contribution in [0.2, 0.25) is 0 Å². The molecule has 51 heavy (non-hydrogen) atoms. The summed E-state index contributed by atoms with van der Waals surface area (Å²) in [5.41, 5.74) is 1.44. The lowest BCUT2D eigenvalue weighted by Crippen LogP contribution is -2.51. The van der Waals surface area contributed by atoms with E-state index in [9.17, 15) is 24.0 Å². The van der Waals surface area contributed by atoms with Crippen molar-refractivity contribution in [3.8, 4) is 11.5 Å². The molecule has 1 N–H and O–H groups in total. The van der Waals surface area contributed by atoms with Crippen LogP contribution in [0.1, 0.15) is 57.8 Å². The summed E-state index contributed by atoms with van der Waals surface area (Å²) in [6.45, 7) is 5.91. The monoisotopic (exact) mass is 701 g/mol. The number of amides is 3. The van der Waals surface area contributed by atoms with Crippen LogP contribution in [-0.2, 0) is 24.0 Å². The molecule has 0 aromatic heterocycles. The van der Waals surface area contributed by atoms with Gasteiger partial charge in [-0.25, -0.2) is 0 Å². The Morgan fingerprint density at radius 3 is 1.65 bits per heavy atom. The number of nitrogens with one attached hydrogen (secondary N) is 1. The molecule has 2 saturated carbocycles. The van der Waals surface area contributed by atoms with E-state index in [1.54, 1.807) is 14.2 Å². The molecule has 0 spiro atoms. The van der Waals surface area contributed by atoms with Crippen LogP contribution in [0.15, 0.2) is 48.5 Å². The van der Waals surface area contributed by atoms with E-state index in [2.05, 4.69) is 21.2 Å².